The van der Waals surface area contributed by atoms with E-state index in [4.69, 9.17) is 5.73 Å². The van der Waals surface area contributed by atoms with Gasteiger partial charge in [-0.2, -0.15) is 0 Å². The fourth-order valence-corrected chi connectivity index (χ4v) is 2.29. The highest BCUT2D eigenvalue weighted by Crippen LogP contribution is 2.18. The summed E-state index contributed by atoms with van der Waals surface area (Å²) >= 11 is 1.75. The van der Waals surface area contributed by atoms with Crippen LogP contribution in [0.2, 0.25) is 0 Å². The highest BCUT2D eigenvalue weighted by atomic mass is 32.2. The first-order valence-corrected chi connectivity index (χ1v) is 5.94. The Morgan fingerprint density at radius 3 is 2.71 bits per heavy atom. The lowest BCUT2D eigenvalue weighted by Crippen LogP contribution is -2.21. The van der Waals surface area contributed by atoms with E-state index >= 15 is 0 Å². The fraction of sp³-hybridized carbons (Fsp3) is 0.545. The molecule has 1 aromatic heterocycles. The summed E-state index contributed by atoms with van der Waals surface area (Å²) < 4.78 is 0. The summed E-state index contributed by atoms with van der Waals surface area (Å²) in [6.07, 6.45) is 1.03. The third-order valence-electron chi connectivity index (χ3n) is 2.04. The van der Waals surface area contributed by atoms with Crippen molar-refractivity contribution < 1.29 is 0 Å². The summed E-state index contributed by atoms with van der Waals surface area (Å²) in [4.78, 5) is 4.45. The number of pyridine rings is 1. The van der Waals surface area contributed by atoms with E-state index in [0.717, 1.165) is 22.9 Å². The minimum absolute atomic E-state index is 0.280. The molecule has 0 amide bonds. The zero-order valence-electron chi connectivity index (χ0n) is 9.08. The van der Waals surface area contributed by atoms with Gasteiger partial charge < -0.3 is 5.73 Å². The van der Waals surface area contributed by atoms with Gasteiger partial charge in [0.15, 0.2) is 0 Å². The average molecular weight is 210 g/mol. The first-order chi connectivity index (χ1) is 6.61. The number of rotatable bonds is 4. The summed E-state index contributed by atoms with van der Waals surface area (Å²) in [6, 6.07) is 4.48. The maximum atomic E-state index is 5.85. The van der Waals surface area contributed by atoms with Crippen molar-refractivity contribution in [2.75, 3.05) is 5.75 Å². The molecular formula is C11H18N2S. The quantitative estimate of drug-likeness (QED) is 0.776. The molecule has 14 heavy (non-hydrogen) atoms. The van der Waals surface area contributed by atoms with E-state index in [-0.39, 0.29) is 6.04 Å². The highest BCUT2D eigenvalue weighted by molar-refractivity contribution is 7.99. The maximum absolute atomic E-state index is 5.85. The number of hydrogen-bond donors (Lipinski definition) is 1. The second-order valence-corrected chi connectivity index (χ2v) is 4.64. The van der Waals surface area contributed by atoms with Crippen LogP contribution < -0.4 is 5.73 Å². The highest BCUT2D eigenvalue weighted by Gasteiger charge is 2.02. The monoisotopic (exact) mass is 210 g/mol. The molecule has 0 saturated carbocycles. The van der Waals surface area contributed by atoms with Gasteiger partial charge in [0.2, 0.25) is 0 Å². The van der Waals surface area contributed by atoms with E-state index < -0.39 is 0 Å². The van der Waals surface area contributed by atoms with E-state index in [9.17, 15) is 0 Å². The van der Waals surface area contributed by atoms with Crippen molar-refractivity contribution in [1.29, 1.82) is 0 Å². The fourth-order valence-electron chi connectivity index (χ4n) is 1.19. The minimum Gasteiger partial charge on any atom is -0.327 e. The van der Waals surface area contributed by atoms with E-state index in [1.54, 1.807) is 11.8 Å². The summed E-state index contributed by atoms with van der Waals surface area (Å²) in [7, 11) is 0. The predicted molar refractivity (Wildman–Crippen MR) is 62.7 cm³/mol. The van der Waals surface area contributed by atoms with Crippen LogP contribution in [0.1, 0.15) is 24.6 Å². The van der Waals surface area contributed by atoms with Crippen LogP contribution in [-0.2, 0) is 0 Å². The molecule has 1 atom stereocenters. The third-order valence-corrected chi connectivity index (χ3v) is 3.14. The SMILES string of the molecule is CCC(N)CSc1cc(C)cc(C)n1. The van der Waals surface area contributed by atoms with Crippen molar-refractivity contribution in [3.05, 3.63) is 23.4 Å². The average Bonchev–Trinajstić information content (AvgIpc) is 2.12. The van der Waals surface area contributed by atoms with Crippen LogP contribution in [0.15, 0.2) is 17.2 Å². The Labute approximate surface area is 90.3 Å². The van der Waals surface area contributed by atoms with Gasteiger partial charge in [-0.1, -0.05) is 6.92 Å². The lowest BCUT2D eigenvalue weighted by atomic mass is 10.3. The maximum Gasteiger partial charge on any atom is 0.0966 e. The molecule has 0 bridgehead atoms. The van der Waals surface area contributed by atoms with E-state index in [1.165, 1.54) is 5.56 Å². The molecule has 0 saturated heterocycles. The van der Waals surface area contributed by atoms with Crippen LogP contribution >= 0.6 is 11.8 Å². The van der Waals surface area contributed by atoms with Crippen LogP contribution in [0.25, 0.3) is 0 Å². The van der Waals surface area contributed by atoms with Gasteiger partial charge in [0.1, 0.15) is 0 Å². The summed E-state index contributed by atoms with van der Waals surface area (Å²) in [5.41, 5.74) is 8.20. The number of nitrogens with zero attached hydrogens (tertiary/aromatic N) is 1. The van der Waals surface area contributed by atoms with Gasteiger partial charge in [-0.15, -0.1) is 11.8 Å². The molecule has 0 aliphatic rings. The molecule has 0 radical (unpaired) electrons. The van der Waals surface area contributed by atoms with Gasteiger partial charge in [0.05, 0.1) is 5.03 Å². The lowest BCUT2D eigenvalue weighted by Gasteiger charge is -2.08. The van der Waals surface area contributed by atoms with Crippen molar-refractivity contribution in [3.63, 3.8) is 0 Å². The molecule has 0 spiro atoms. The molecule has 0 fully saturated rings. The van der Waals surface area contributed by atoms with E-state index in [2.05, 4.69) is 31.0 Å². The summed E-state index contributed by atoms with van der Waals surface area (Å²) in [5, 5.41) is 1.09. The number of hydrogen-bond acceptors (Lipinski definition) is 3. The second-order valence-electron chi connectivity index (χ2n) is 3.60. The predicted octanol–water partition coefficient (Wildman–Crippen LogP) is 2.53. The molecule has 3 heteroatoms. The molecule has 1 heterocycles. The Balaban J connectivity index is 2.58. The van der Waals surface area contributed by atoms with Crippen LogP contribution in [0, 0.1) is 13.8 Å². The molecule has 1 unspecified atom stereocenters. The third kappa shape index (κ3) is 3.68. The van der Waals surface area contributed by atoms with Crippen molar-refractivity contribution in [3.8, 4) is 0 Å². The largest absolute Gasteiger partial charge is 0.327 e. The topological polar surface area (TPSA) is 38.9 Å². The molecule has 0 aliphatic heterocycles. The zero-order valence-corrected chi connectivity index (χ0v) is 9.90. The standard InChI is InChI=1S/C11H18N2S/c1-4-10(12)7-14-11-6-8(2)5-9(3)13-11/h5-6,10H,4,7,12H2,1-3H3. The van der Waals surface area contributed by atoms with Gasteiger partial charge in [0.25, 0.3) is 0 Å². The Morgan fingerprint density at radius 1 is 1.43 bits per heavy atom. The number of nitrogens with two attached hydrogens (primary N) is 1. The van der Waals surface area contributed by atoms with Crippen LogP contribution in [-0.4, -0.2) is 16.8 Å². The van der Waals surface area contributed by atoms with Gasteiger partial charge in [-0.05, 0) is 38.0 Å². The molecule has 0 aromatic carbocycles. The van der Waals surface area contributed by atoms with Crippen molar-refractivity contribution in [1.82, 2.24) is 4.98 Å². The molecule has 78 valence electrons. The normalized spacial score (nSPS) is 12.9. The second kappa shape index (κ2) is 5.37. The Morgan fingerprint density at radius 2 is 2.14 bits per heavy atom. The van der Waals surface area contributed by atoms with Gasteiger partial charge in [-0.25, -0.2) is 4.98 Å². The molecule has 2 N–H and O–H groups in total. The minimum atomic E-state index is 0.280. The van der Waals surface area contributed by atoms with Gasteiger partial charge in [0, 0.05) is 17.5 Å². The van der Waals surface area contributed by atoms with E-state index in [1.807, 2.05) is 6.92 Å². The first kappa shape index (κ1) is 11.5. The van der Waals surface area contributed by atoms with Gasteiger partial charge >= 0.3 is 0 Å². The Bertz CT molecular complexity index is 279. The van der Waals surface area contributed by atoms with Crippen molar-refractivity contribution >= 4 is 11.8 Å². The Hall–Kier alpha value is -0.540. The van der Waals surface area contributed by atoms with Crippen LogP contribution in [0.3, 0.4) is 0 Å². The molecule has 1 rings (SSSR count). The molecular weight excluding hydrogens is 192 g/mol. The number of aryl methyl sites for hydroxylation is 2. The summed E-state index contributed by atoms with van der Waals surface area (Å²) in [6.45, 7) is 6.23. The van der Waals surface area contributed by atoms with Crippen LogP contribution in [0.4, 0.5) is 0 Å². The lowest BCUT2D eigenvalue weighted by molar-refractivity contribution is 0.724. The summed E-state index contributed by atoms with van der Waals surface area (Å²) in [5.74, 6) is 0.951. The Kier molecular flexibility index (Phi) is 4.42. The van der Waals surface area contributed by atoms with E-state index in [0.29, 0.717) is 0 Å². The molecule has 2 nitrogen and oxygen atoms in total. The van der Waals surface area contributed by atoms with Crippen LogP contribution in [0.5, 0.6) is 0 Å². The van der Waals surface area contributed by atoms with Crippen molar-refractivity contribution in [2.45, 2.75) is 38.3 Å². The number of aromatic nitrogens is 1. The van der Waals surface area contributed by atoms with Crippen molar-refractivity contribution in [2.24, 2.45) is 5.73 Å². The van der Waals surface area contributed by atoms with Gasteiger partial charge in [-0.3, -0.25) is 0 Å². The molecule has 0 aliphatic carbocycles. The zero-order chi connectivity index (χ0) is 10.6. The first-order valence-electron chi connectivity index (χ1n) is 4.95. The molecule has 1 aromatic rings. The smallest absolute Gasteiger partial charge is 0.0966 e. The number of thioether (sulfide) groups is 1.